The first kappa shape index (κ1) is 18.9. The summed E-state index contributed by atoms with van der Waals surface area (Å²) >= 11 is 0. The second-order valence-corrected chi connectivity index (χ2v) is 7.09. The number of para-hydroxylation sites is 1. The first-order valence-electron chi connectivity index (χ1n) is 7.66. The monoisotopic (exact) mass is 367 g/mol. The van der Waals surface area contributed by atoms with Crippen molar-refractivity contribution in [3.05, 3.63) is 41.3 Å². The number of amides is 1. The largest absolute Gasteiger partial charge is 0.496 e. The van der Waals surface area contributed by atoms with Crippen LogP contribution in [0.2, 0.25) is 0 Å². The highest BCUT2D eigenvalue weighted by atomic mass is 32.2. The van der Waals surface area contributed by atoms with Crippen LogP contribution in [0.4, 0.5) is 0 Å². The Hall–Kier alpha value is -2.39. The first-order chi connectivity index (χ1) is 11.8. The summed E-state index contributed by atoms with van der Waals surface area (Å²) in [7, 11) is -2.26. The number of carbonyl (C=O) groups excluding carboxylic acids is 1. The topological polar surface area (TPSA) is 111 Å². The van der Waals surface area contributed by atoms with Crippen molar-refractivity contribution in [3.63, 3.8) is 0 Å². The lowest BCUT2D eigenvalue weighted by atomic mass is 10.1. The molecule has 9 heteroatoms. The summed E-state index contributed by atoms with van der Waals surface area (Å²) in [6.07, 6.45) is 0.576. The van der Waals surface area contributed by atoms with Crippen molar-refractivity contribution < 1.29 is 22.5 Å². The maximum Gasteiger partial charge on any atom is 0.246 e. The number of carbonyl (C=O) groups is 1. The maximum absolute atomic E-state index is 12.2. The summed E-state index contributed by atoms with van der Waals surface area (Å²) in [5.41, 5.74) is 1.21. The first-order valence-corrected chi connectivity index (χ1v) is 9.14. The Balaban J connectivity index is 1.85. The molecule has 2 rings (SSSR count). The molecule has 0 saturated heterocycles. The Morgan fingerprint density at radius 2 is 2.00 bits per heavy atom. The van der Waals surface area contributed by atoms with Crippen LogP contribution in [-0.2, 0) is 21.2 Å². The van der Waals surface area contributed by atoms with Gasteiger partial charge in [0.1, 0.15) is 16.3 Å². The van der Waals surface area contributed by atoms with Crippen molar-refractivity contribution in [1.29, 1.82) is 0 Å². The Bertz CT molecular complexity index is 826. The maximum atomic E-state index is 12.2. The van der Waals surface area contributed by atoms with Crippen molar-refractivity contribution in [2.45, 2.75) is 25.2 Å². The number of sulfonamides is 1. The molecule has 136 valence electrons. The summed E-state index contributed by atoms with van der Waals surface area (Å²) in [4.78, 5) is 11.8. The average molecular weight is 367 g/mol. The second kappa shape index (κ2) is 8.13. The third-order valence-corrected chi connectivity index (χ3v) is 5.21. The van der Waals surface area contributed by atoms with Gasteiger partial charge in [-0.05, 0) is 31.9 Å². The lowest BCUT2D eigenvalue weighted by Gasteiger charge is -2.10. The number of rotatable bonds is 8. The van der Waals surface area contributed by atoms with Gasteiger partial charge in [-0.3, -0.25) is 4.79 Å². The molecule has 0 saturated carbocycles. The lowest BCUT2D eigenvalue weighted by molar-refractivity contribution is -0.119. The molecule has 1 aromatic heterocycles. The SMILES string of the molecule is COc1ccccc1CCNC(=O)CNS(=O)(=O)c1c(C)noc1C. The molecule has 0 atom stereocenters. The molecule has 0 aliphatic carbocycles. The molecule has 25 heavy (non-hydrogen) atoms. The molecular formula is C16H21N3O5S. The fourth-order valence-electron chi connectivity index (χ4n) is 2.40. The van der Waals surface area contributed by atoms with Crippen LogP contribution < -0.4 is 14.8 Å². The Morgan fingerprint density at radius 1 is 1.28 bits per heavy atom. The predicted molar refractivity (Wildman–Crippen MR) is 90.9 cm³/mol. The van der Waals surface area contributed by atoms with Crippen LogP contribution in [0.25, 0.3) is 0 Å². The van der Waals surface area contributed by atoms with E-state index in [1.165, 1.54) is 13.8 Å². The minimum absolute atomic E-state index is 0.0330. The molecule has 0 fully saturated rings. The highest BCUT2D eigenvalue weighted by molar-refractivity contribution is 7.89. The smallest absolute Gasteiger partial charge is 0.246 e. The van der Waals surface area contributed by atoms with E-state index in [4.69, 9.17) is 9.26 Å². The molecule has 8 nitrogen and oxygen atoms in total. The summed E-state index contributed by atoms with van der Waals surface area (Å²) in [6, 6.07) is 7.50. The molecule has 2 aromatic rings. The molecule has 1 aromatic carbocycles. The quantitative estimate of drug-likeness (QED) is 0.718. The van der Waals surface area contributed by atoms with Gasteiger partial charge in [0.2, 0.25) is 15.9 Å². The molecule has 0 spiro atoms. The van der Waals surface area contributed by atoms with Crippen LogP contribution in [0.1, 0.15) is 17.0 Å². The fourth-order valence-corrected chi connectivity index (χ4v) is 3.71. The van der Waals surface area contributed by atoms with Crippen molar-refractivity contribution >= 4 is 15.9 Å². The number of aryl methyl sites for hydroxylation is 2. The molecule has 2 N–H and O–H groups in total. The molecule has 0 aliphatic heterocycles. The van der Waals surface area contributed by atoms with E-state index in [0.717, 1.165) is 11.3 Å². The van der Waals surface area contributed by atoms with Gasteiger partial charge in [0.15, 0.2) is 5.76 Å². The predicted octanol–water partition coefficient (Wildman–Crippen LogP) is 0.937. The van der Waals surface area contributed by atoms with E-state index in [0.29, 0.717) is 13.0 Å². The van der Waals surface area contributed by atoms with Crippen LogP contribution >= 0.6 is 0 Å². The number of nitrogens with zero attached hydrogens (tertiary/aromatic N) is 1. The van der Waals surface area contributed by atoms with Gasteiger partial charge in [-0.2, -0.15) is 0 Å². The fraction of sp³-hybridized carbons (Fsp3) is 0.375. The number of aromatic nitrogens is 1. The molecule has 0 unspecified atom stereocenters. The van der Waals surface area contributed by atoms with Gasteiger partial charge >= 0.3 is 0 Å². The van der Waals surface area contributed by atoms with E-state index in [1.807, 2.05) is 24.3 Å². The van der Waals surface area contributed by atoms with Crippen molar-refractivity contribution in [2.75, 3.05) is 20.2 Å². The summed E-state index contributed by atoms with van der Waals surface area (Å²) < 4.78 is 36.8. The van der Waals surface area contributed by atoms with Crippen molar-refractivity contribution in [3.8, 4) is 5.75 Å². The van der Waals surface area contributed by atoms with Gasteiger partial charge < -0.3 is 14.6 Å². The van der Waals surface area contributed by atoms with E-state index in [1.54, 1.807) is 7.11 Å². The van der Waals surface area contributed by atoms with E-state index >= 15 is 0 Å². The zero-order valence-electron chi connectivity index (χ0n) is 14.3. The average Bonchev–Trinajstić information content (AvgIpc) is 2.93. The Morgan fingerprint density at radius 3 is 2.64 bits per heavy atom. The number of nitrogens with one attached hydrogen (secondary N) is 2. The summed E-state index contributed by atoms with van der Waals surface area (Å²) in [5.74, 6) is 0.502. The third kappa shape index (κ3) is 4.80. The Labute approximate surface area is 146 Å². The number of benzene rings is 1. The van der Waals surface area contributed by atoms with E-state index < -0.39 is 15.9 Å². The van der Waals surface area contributed by atoms with Crippen LogP contribution in [0.15, 0.2) is 33.7 Å². The van der Waals surface area contributed by atoms with Crippen LogP contribution in [0.3, 0.4) is 0 Å². The minimum Gasteiger partial charge on any atom is -0.496 e. The molecule has 1 heterocycles. The minimum atomic E-state index is -3.85. The third-order valence-electron chi connectivity index (χ3n) is 3.57. The number of methoxy groups -OCH3 is 1. The van der Waals surface area contributed by atoms with E-state index in [9.17, 15) is 13.2 Å². The van der Waals surface area contributed by atoms with Crippen LogP contribution in [0.5, 0.6) is 5.75 Å². The van der Waals surface area contributed by atoms with Gasteiger partial charge in [0.25, 0.3) is 0 Å². The van der Waals surface area contributed by atoms with Gasteiger partial charge in [-0.1, -0.05) is 23.4 Å². The lowest BCUT2D eigenvalue weighted by Crippen LogP contribution is -2.37. The van der Waals surface area contributed by atoms with E-state index in [-0.39, 0.29) is 22.9 Å². The van der Waals surface area contributed by atoms with Gasteiger partial charge in [-0.15, -0.1) is 0 Å². The molecule has 0 aliphatic rings. The van der Waals surface area contributed by atoms with Gasteiger partial charge in [0, 0.05) is 6.54 Å². The van der Waals surface area contributed by atoms with Crippen LogP contribution in [0, 0.1) is 13.8 Å². The van der Waals surface area contributed by atoms with Gasteiger partial charge in [0.05, 0.1) is 13.7 Å². The highest BCUT2D eigenvalue weighted by Crippen LogP contribution is 2.18. The number of hydrogen-bond donors (Lipinski definition) is 2. The highest BCUT2D eigenvalue weighted by Gasteiger charge is 2.24. The van der Waals surface area contributed by atoms with Crippen molar-refractivity contribution in [1.82, 2.24) is 15.2 Å². The second-order valence-electron chi connectivity index (χ2n) is 5.39. The molecule has 0 bridgehead atoms. The zero-order valence-corrected chi connectivity index (χ0v) is 15.1. The van der Waals surface area contributed by atoms with E-state index in [2.05, 4.69) is 15.2 Å². The van der Waals surface area contributed by atoms with Crippen molar-refractivity contribution in [2.24, 2.45) is 0 Å². The van der Waals surface area contributed by atoms with Crippen LogP contribution in [-0.4, -0.2) is 39.7 Å². The molecule has 1 amide bonds. The zero-order chi connectivity index (χ0) is 18.4. The normalized spacial score (nSPS) is 11.3. The summed E-state index contributed by atoms with van der Waals surface area (Å²) in [5, 5.41) is 6.27. The Kier molecular flexibility index (Phi) is 6.16. The number of ether oxygens (including phenoxy) is 1. The molecule has 0 radical (unpaired) electrons. The van der Waals surface area contributed by atoms with Gasteiger partial charge in [-0.25, -0.2) is 13.1 Å². The number of hydrogen-bond acceptors (Lipinski definition) is 6. The summed E-state index contributed by atoms with van der Waals surface area (Å²) in [6.45, 7) is 3.03. The molecular weight excluding hydrogens is 346 g/mol. The standard InChI is InChI=1S/C16H21N3O5S/c1-11-16(12(2)24-19-11)25(21,22)18-10-15(20)17-9-8-13-6-4-5-7-14(13)23-3/h4-7,18H,8-10H2,1-3H3,(H,17,20).